The Kier molecular flexibility index (Phi) is 4.88. The van der Waals surface area contributed by atoms with Crippen molar-refractivity contribution in [2.45, 2.75) is 6.92 Å². The third-order valence-corrected chi connectivity index (χ3v) is 3.44. The Balaban J connectivity index is 2.29. The van der Waals surface area contributed by atoms with E-state index in [-0.39, 0.29) is 0 Å². The Labute approximate surface area is 118 Å². The molecule has 0 bridgehead atoms. The van der Waals surface area contributed by atoms with Gasteiger partial charge >= 0.3 is 0 Å². The first kappa shape index (κ1) is 13.5. The van der Waals surface area contributed by atoms with Gasteiger partial charge in [0.15, 0.2) is 5.17 Å². The van der Waals surface area contributed by atoms with E-state index in [2.05, 4.69) is 40.5 Å². The Bertz CT molecular complexity index is 621. The lowest BCUT2D eigenvalue weighted by Crippen LogP contribution is -2.09. The van der Waals surface area contributed by atoms with Gasteiger partial charge in [0, 0.05) is 17.6 Å². The molecule has 0 heterocycles. The van der Waals surface area contributed by atoms with Gasteiger partial charge in [-0.25, -0.2) is 0 Å². The Hall–Kier alpha value is -1.92. The van der Waals surface area contributed by atoms with E-state index in [1.807, 2.05) is 25.1 Å². The number of aliphatic imine (C=N–C) groups is 1. The summed E-state index contributed by atoms with van der Waals surface area (Å²) in [7, 11) is 0. The SMILES string of the molecule is C#CCSC(=NCC)Nc1cccc2ccccc12. The highest BCUT2D eigenvalue weighted by Gasteiger charge is 2.03. The molecule has 0 saturated carbocycles. The zero-order valence-electron chi connectivity index (χ0n) is 10.9. The summed E-state index contributed by atoms with van der Waals surface area (Å²) in [5.41, 5.74) is 1.06. The summed E-state index contributed by atoms with van der Waals surface area (Å²) in [6.07, 6.45) is 5.30. The number of nitrogens with one attached hydrogen (secondary N) is 1. The van der Waals surface area contributed by atoms with Gasteiger partial charge in [-0.1, -0.05) is 54.1 Å². The van der Waals surface area contributed by atoms with Gasteiger partial charge in [0.2, 0.25) is 0 Å². The van der Waals surface area contributed by atoms with E-state index in [0.29, 0.717) is 5.75 Å². The summed E-state index contributed by atoms with van der Waals surface area (Å²) in [6.45, 7) is 2.76. The van der Waals surface area contributed by atoms with Gasteiger partial charge in [0.1, 0.15) is 0 Å². The first-order chi connectivity index (χ1) is 9.35. The molecule has 1 N–H and O–H groups in total. The second kappa shape index (κ2) is 6.86. The minimum absolute atomic E-state index is 0.622. The van der Waals surface area contributed by atoms with Crippen LogP contribution in [0.1, 0.15) is 6.92 Å². The van der Waals surface area contributed by atoms with Crippen molar-refractivity contribution >= 4 is 33.4 Å². The quantitative estimate of drug-likeness (QED) is 0.517. The molecule has 0 aliphatic rings. The van der Waals surface area contributed by atoms with Crippen LogP contribution in [0.3, 0.4) is 0 Å². The van der Waals surface area contributed by atoms with E-state index in [1.54, 1.807) is 11.8 Å². The summed E-state index contributed by atoms with van der Waals surface area (Å²) in [5, 5.41) is 6.65. The maximum Gasteiger partial charge on any atom is 0.161 e. The number of terminal acetylenes is 1. The molecule has 0 aliphatic carbocycles. The molecule has 2 aromatic rings. The van der Waals surface area contributed by atoms with Crippen molar-refractivity contribution in [3.05, 3.63) is 42.5 Å². The molecule has 0 aromatic heterocycles. The molecule has 0 aliphatic heterocycles. The molecule has 2 rings (SSSR count). The van der Waals surface area contributed by atoms with Gasteiger partial charge in [-0.05, 0) is 18.4 Å². The molecular weight excluding hydrogens is 252 g/mol. The van der Waals surface area contributed by atoms with E-state index in [4.69, 9.17) is 6.42 Å². The number of hydrogen-bond donors (Lipinski definition) is 1. The van der Waals surface area contributed by atoms with E-state index in [0.717, 1.165) is 17.4 Å². The molecule has 0 radical (unpaired) electrons. The van der Waals surface area contributed by atoms with Crippen LogP contribution in [0, 0.1) is 12.3 Å². The first-order valence-electron chi connectivity index (χ1n) is 6.20. The topological polar surface area (TPSA) is 24.4 Å². The van der Waals surface area contributed by atoms with Crippen LogP contribution in [0.4, 0.5) is 5.69 Å². The molecule has 96 valence electrons. The highest BCUT2D eigenvalue weighted by atomic mass is 32.2. The molecule has 0 fully saturated rings. The van der Waals surface area contributed by atoms with Crippen molar-refractivity contribution in [3.63, 3.8) is 0 Å². The smallest absolute Gasteiger partial charge is 0.161 e. The highest BCUT2D eigenvalue weighted by Crippen LogP contribution is 2.24. The molecular formula is C16H16N2S. The Morgan fingerprint density at radius 3 is 2.84 bits per heavy atom. The normalized spacial score (nSPS) is 11.3. The zero-order chi connectivity index (χ0) is 13.5. The number of hydrogen-bond acceptors (Lipinski definition) is 2. The van der Waals surface area contributed by atoms with Gasteiger partial charge in [-0.3, -0.25) is 4.99 Å². The average molecular weight is 268 g/mol. The summed E-state index contributed by atoms with van der Waals surface area (Å²) >= 11 is 1.55. The summed E-state index contributed by atoms with van der Waals surface area (Å²) < 4.78 is 0. The van der Waals surface area contributed by atoms with Crippen molar-refractivity contribution in [1.82, 2.24) is 0 Å². The fourth-order valence-corrected chi connectivity index (χ4v) is 2.45. The number of thioether (sulfide) groups is 1. The van der Waals surface area contributed by atoms with Crippen molar-refractivity contribution in [3.8, 4) is 12.3 Å². The van der Waals surface area contributed by atoms with Crippen LogP contribution < -0.4 is 5.32 Å². The fraction of sp³-hybridized carbons (Fsp3) is 0.188. The highest BCUT2D eigenvalue weighted by molar-refractivity contribution is 8.14. The molecule has 0 spiro atoms. The standard InChI is InChI=1S/C16H16N2S/c1-3-12-19-16(17-4-2)18-15-11-7-9-13-8-5-6-10-14(13)15/h1,5-11H,4,12H2,2H3,(H,17,18). The van der Waals surface area contributed by atoms with Gasteiger partial charge in [-0.2, -0.15) is 0 Å². The van der Waals surface area contributed by atoms with Crippen LogP contribution in [-0.2, 0) is 0 Å². The predicted molar refractivity (Wildman–Crippen MR) is 86.8 cm³/mol. The second-order valence-electron chi connectivity index (χ2n) is 3.92. The van der Waals surface area contributed by atoms with Crippen LogP contribution in [0.5, 0.6) is 0 Å². The predicted octanol–water partition coefficient (Wildman–Crippen LogP) is 3.99. The van der Waals surface area contributed by atoms with Gasteiger partial charge in [0.25, 0.3) is 0 Å². The molecule has 0 unspecified atom stereocenters. The summed E-state index contributed by atoms with van der Waals surface area (Å²) in [6, 6.07) is 14.5. The number of rotatable bonds is 3. The van der Waals surface area contributed by atoms with Crippen LogP contribution in [0.2, 0.25) is 0 Å². The maximum absolute atomic E-state index is 5.30. The van der Waals surface area contributed by atoms with Crippen LogP contribution in [0.15, 0.2) is 47.5 Å². The summed E-state index contributed by atoms with van der Waals surface area (Å²) in [5.74, 6) is 3.24. The van der Waals surface area contributed by atoms with Gasteiger partial charge < -0.3 is 5.32 Å². The van der Waals surface area contributed by atoms with Crippen molar-refractivity contribution in [2.24, 2.45) is 4.99 Å². The maximum atomic E-state index is 5.30. The number of anilines is 1. The molecule has 0 amide bonds. The van der Waals surface area contributed by atoms with E-state index < -0.39 is 0 Å². The Morgan fingerprint density at radius 2 is 2.05 bits per heavy atom. The van der Waals surface area contributed by atoms with E-state index in [1.165, 1.54) is 10.8 Å². The first-order valence-corrected chi connectivity index (χ1v) is 7.19. The van der Waals surface area contributed by atoms with E-state index >= 15 is 0 Å². The lowest BCUT2D eigenvalue weighted by molar-refractivity contribution is 1.14. The number of benzene rings is 2. The third kappa shape index (κ3) is 3.52. The minimum Gasteiger partial charge on any atom is -0.334 e. The molecule has 19 heavy (non-hydrogen) atoms. The van der Waals surface area contributed by atoms with Gasteiger partial charge in [-0.15, -0.1) is 6.42 Å². The van der Waals surface area contributed by atoms with Crippen molar-refractivity contribution in [2.75, 3.05) is 17.6 Å². The zero-order valence-corrected chi connectivity index (χ0v) is 11.7. The van der Waals surface area contributed by atoms with E-state index in [9.17, 15) is 0 Å². The van der Waals surface area contributed by atoms with Crippen LogP contribution in [0.25, 0.3) is 10.8 Å². The monoisotopic (exact) mass is 268 g/mol. The lowest BCUT2D eigenvalue weighted by Gasteiger charge is -2.11. The third-order valence-electron chi connectivity index (χ3n) is 2.63. The molecule has 3 heteroatoms. The molecule has 0 saturated heterocycles. The fourth-order valence-electron chi connectivity index (χ4n) is 1.82. The second-order valence-corrected chi connectivity index (χ2v) is 4.89. The number of fused-ring (bicyclic) bond motifs is 1. The largest absolute Gasteiger partial charge is 0.334 e. The average Bonchev–Trinajstić information content (AvgIpc) is 2.45. The van der Waals surface area contributed by atoms with Crippen LogP contribution in [-0.4, -0.2) is 17.5 Å². The molecule has 2 aromatic carbocycles. The van der Waals surface area contributed by atoms with Crippen molar-refractivity contribution < 1.29 is 0 Å². The lowest BCUT2D eigenvalue weighted by atomic mass is 10.1. The molecule has 2 nitrogen and oxygen atoms in total. The minimum atomic E-state index is 0.622. The summed E-state index contributed by atoms with van der Waals surface area (Å²) in [4.78, 5) is 4.44. The molecule has 0 atom stereocenters. The Morgan fingerprint density at radius 1 is 1.26 bits per heavy atom. The van der Waals surface area contributed by atoms with Crippen LogP contribution >= 0.6 is 11.8 Å². The number of amidine groups is 1. The van der Waals surface area contributed by atoms with Gasteiger partial charge in [0.05, 0.1) is 5.75 Å². The number of nitrogens with zero attached hydrogens (tertiary/aromatic N) is 1. The van der Waals surface area contributed by atoms with Crippen molar-refractivity contribution in [1.29, 1.82) is 0 Å².